The van der Waals surface area contributed by atoms with Gasteiger partial charge in [-0.15, -0.1) is 0 Å². The Kier molecular flexibility index (Phi) is 5.60. The van der Waals surface area contributed by atoms with Crippen LogP contribution < -0.4 is 10.1 Å². The van der Waals surface area contributed by atoms with Crippen molar-refractivity contribution in [3.05, 3.63) is 29.6 Å². The number of nitrogens with one attached hydrogen (secondary N) is 1. The summed E-state index contributed by atoms with van der Waals surface area (Å²) in [6.45, 7) is 11.2. The molecule has 2 unspecified atom stereocenters. The van der Waals surface area contributed by atoms with Gasteiger partial charge in [0.1, 0.15) is 11.6 Å². The first-order chi connectivity index (χ1) is 8.45. The van der Waals surface area contributed by atoms with Crippen molar-refractivity contribution in [1.29, 1.82) is 0 Å². The van der Waals surface area contributed by atoms with Crippen molar-refractivity contribution in [3.8, 4) is 5.75 Å². The molecular formula is C15H24FNO. The molecule has 0 saturated carbocycles. The molecule has 0 fully saturated rings. The Balaban J connectivity index is 2.96. The molecule has 1 aromatic carbocycles. The van der Waals surface area contributed by atoms with Crippen LogP contribution in [0, 0.1) is 11.7 Å². The van der Waals surface area contributed by atoms with Gasteiger partial charge < -0.3 is 10.1 Å². The van der Waals surface area contributed by atoms with E-state index < -0.39 is 0 Å². The lowest BCUT2D eigenvalue weighted by molar-refractivity contribution is 0.167. The molecule has 0 saturated heterocycles. The van der Waals surface area contributed by atoms with E-state index in [4.69, 9.17) is 4.74 Å². The fourth-order valence-electron chi connectivity index (χ4n) is 1.72. The minimum atomic E-state index is -0.223. The van der Waals surface area contributed by atoms with Gasteiger partial charge in [0.05, 0.1) is 6.10 Å². The Hall–Kier alpha value is -1.09. The van der Waals surface area contributed by atoms with E-state index in [0.29, 0.717) is 5.92 Å². The monoisotopic (exact) mass is 253 g/mol. The molecule has 0 aromatic heterocycles. The third-order valence-electron chi connectivity index (χ3n) is 3.20. The lowest BCUT2D eigenvalue weighted by Gasteiger charge is -2.23. The summed E-state index contributed by atoms with van der Waals surface area (Å²) in [6.07, 6.45) is 0.114. The first-order valence-corrected chi connectivity index (χ1v) is 6.65. The molecule has 2 nitrogen and oxygen atoms in total. The Morgan fingerprint density at radius 3 is 2.44 bits per heavy atom. The van der Waals surface area contributed by atoms with Gasteiger partial charge in [-0.2, -0.15) is 0 Å². The molecule has 1 N–H and O–H groups in total. The van der Waals surface area contributed by atoms with Gasteiger partial charge in [0.15, 0.2) is 0 Å². The van der Waals surface area contributed by atoms with E-state index in [1.165, 1.54) is 6.07 Å². The van der Waals surface area contributed by atoms with Crippen molar-refractivity contribution in [2.75, 3.05) is 6.54 Å². The number of halogens is 1. The van der Waals surface area contributed by atoms with Gasteiger partial charge in [0.2, 0.25) is 0 Å². The smallest absolute Gasteiger partial charge is 0.124 e. The fourth-order valence-corrected chi connectivity index (χ4v) is 1.72. The van der Waals surface area contributed by atoms with Gasteiger partial charge in [-0.25, -0.2) is 4.39 Å². The second-order valence-electron chi connectivity index (χ2n) is 5.03. The first kappa shape index (κ1) is 15.0. The molecule has 3 heteroatoms. The Morgan fingerprint density at radius 1 is 1.22 bits per heavy atom. The van der Waals surface area contributed by atoms with Gasteiger partial charge in [0.25, 0.3) is 0 Å². The normalized spacial score (nSPS) is 14.6. The van der Waals surface area contributed by atoms with Crippen LogP contribution in [0.4, 0.5) is 4.39 Å². The number of rotatable bonds is 6. The van der Waals surface area contributed by atoms with E-state index in [1.807, 2.05) is 20.8 Å². The van der Waals surface area contributed by atoms with E-state index in [1.54, 1.807) is 12.1 Å². The zero-order valence-corrected chi connectivity index (χ0v) is 12.0. The Labute approximate surface area is 110 Å². The Morgan fingerprint density at radius 2 is 1.89 bits per heavy atom. The molecule has 18 heavy (non-hydrogen) atoms. The number of hydrogen-bond donors (Lipinski definition) is 1. The summed E-state index contributed by atoms with van der Waals surface area (Å²) in [5, 5.41) is 3.29. The molecular weight excluding hydrogens is 229 g/mol. The van der Waals surface area contributed by atoms with Crippen LogP contribution in [-0.4, -0.2) is 12.6 Å². The second-order valence-corrected chi connectivity index (χ2v) is 5.03. The largest absolute Gasteiger partial charge is 0.490 e. The van der Waals surface area contributed by atoms with Crippen molar-refractivity contribution in [3.63, 3.8) is 0 Å². The standard InChI is InChI=1S/C15H24FNO/c1-6-17-11(4)14-9-13(16)7-8-15(14)18-12(5)10(2)3/h7-12,17H,6H2,1-5H3. The van der Waals surface area contributed by atoms with Crippen LogP contribution in [0.25, 0.3) is 0 Å². The average molecular weight is 253 g/mol. The van der Waals surface area contributed by atoms with Crippen LogP contribution in [0.3, 0.4) is 0 Å². The molecule has 0 amide bonds. The van der Waals surface area contributed by atoms with E-state index in [-0.39, 0.29) is 18.0 Å². The highest BCUT2D eigenvalue weighted by atomic mass is 19.1. The van der Waals surface area contributed by atoms with Crippen molar-refractivity contribution in [2.45, 2.75) is 46.8 Å². The number of hydrogen-bond acceptors (Lipinski definition) is 2. The van der Waals surface area contributed by atoms with Crippen LogP contribution in [0.5, 0.6) is 5.75 Å². The molecule has 1 aromatic rings. The molecule has 102 valence electrons. The second kappa shape index (κ2) is 6.74. The highest BCUT2D eigenvalue weighted by Gasteiger charge is 2.15. The highest BCUT2D eigenvalue weighted by Crippen LogP contribution is 2.27. The predicted molar refractivity (Wildman–Crippen MR) is 73.4 cm³/mol. The summed E-state index contributed by atoms with van der Waals surface area (Å²) >= 11 is 0. The molecule has 1 rings (SSSR count). The average Bonchev–Trinajstić information content (AvgIpc) is 2.31. The maximum Gasteiger partial charge on any atom is 0.124 e. The van der Waals surface area contributed by atoms with Crippen LogP contribution in [-0.2, 0) is 0 Å². The van der Waals surface area contributed by atoms with Crippen LogP contribution >= 0.6 is 0 Å². The molecule has 0 spiro atoms. The van der Waals surface area contributed by atoms with Crippen molar-refractivity contribution < 1.29 is 9.13 Å². The van der Waals surface area contributed by atoms with E-state index >= 15 is 0 Å². The molecule has 0 aliphatic heterocycles. The summed E-state index contributed by atoms with van der Waals surface area (Å²) in [5.41, 5.74) is 0.879. The summed E-state index contributed by atoms with van der Waals surface area (Å²) in [4.78, 5) is 0. The van der Waals surface area contributed by atoms with Crippen LogP contribution in [0.1, 0.15) is 46.2 Å². The predicted octanol–water partition coefficient (Wildman–Crippen LogP) is 3.92. The van der Waals surface area contributed by atoms with Gasteiger partial charge in [-0.3, -0.25) is 0 Å². The van der Waals surface area contributed by atoms with E-state index in [2.05, 4.69) is 19.2 Å². The lowest BCUT2D eigenvalue weighted by Crippen LogP contribution is -2.22. The van der Waals surface area contributed by atoms with Gasteiger partial charge in [-0.1, -0.05) is 20.8 Å². The maximum absolute atomic E-state index is 13.4. The van der Waals surface area contributed by atoms with Crippen molar-refractivity contribution >= 4 is 0 Å². The molecule has 0 radical (unpaired) electrons. The zero-order valence-electron chi connectivity index (χ0n) is 12.0. The third-order valence-corrected chi connectivity index (χ3v) is 3.20. The molecule has 0 aliphatic rings. The highest BCUT2D eigenvalue weighted by molar-refractivity contribution is 5.36. The quantitative estimate of drug-likeness (QED) is 0.829. The summed E-state index contributed by atoms with van der Waals surface area (Å²) in [5.74, 6) is 0.975. The first-order valence-electron chi connectivity index (χ1n) is 6.65. The fraction of sp³-hybridized carbons (Fsp3) is 0.600. The minimum Gasteiger partial charge on any atom is -0.490 e. The number of ether oxygens (including phenoxy) is 1. The number of benzene rings is 1. The molecule has 0 bridgehead atoms. The third kappa shape index (κ3) is 3.98. The Bertz CT molecular complexity index is 379. The van der Waals surface area contributed by atoms with Gasteiger partial charge >= 0.3 is 0 Å². The van der Waals surface area contributed by atoms with Crippen LogP contribution in [0.15, 0.2) is 18.2 Å². The topological polar surface area (TPSA) is 21.3 Å². The van der Waals surface area contributed by atoms with Crippen molar-refractivity contribution in [1.82, 2.24) is 5.32 Å². The minimum absolute atomic E-state index is 0.0834. The lowest BCUT2D eigenvalue weighted by atomic mass is 10.1. The van der Waals surface area contributed by atoms with E-state index in [0.717, 1.165) is 17.9 Å². The van der Waals surface area contributed by atoms with Gasteiger partial charge in [0, 0.05) is 11.6 Å². The SMILES string of the molecule is CCNC(C)c1cc(F)ccc1OC(C)C(C)C. The maximum atomic E-state index is 13.4. The van der Waals surface area contributed by atoms with Crippen LogP contribution in [0.2, 0.25) is 0 Å². The van der Waals surface area contributed by atoms with Gasteiger partial charge in [-0.05, 0) is 44.5 Å². The molecule has 0 heterocycles. The zero-order chi connectivity index (χ0) is 13.7. The van der Waals surface area contributed by atoms with E-state index in [9.17, 15) is 4.39 Å². The summed E-state index contributed by atoms with van der Waals surface area (Å²) in [6, 6.07) is 4.80. The molecule has 0 aliphatic carbocycles. The molecule has 2 atom stereocenters. The summed E-state index contributed by atoms with van der Waals surface area (Å²) in [7, 11) is 0. The van der Waals surface area contributed by atoms with Crippen molar-refractivity contribution in [2.24, 2.45) is 5.92 Å². The summed E-state index contributed by atoms with van der Waals surface area (Å²) < 4.78 is 19.3.